The highest BCUT2D eigenvalue weighted by Crippen LogP contribution is 2.44. The number of hydrogen-bond acceptors (Lipinski definition) is 7. The second kappa shape index (κ2) is 6.91. The monoisotopic (exact) mass is 401 g/mol. The van der Waals surface area contributed by atoms with Crippen LogP contribution >= 0.6 is 0 Å². The van der Waals surface area contributed by atoms with Gasteiger partial charge in [-0.05, 0) is 31.6 Å². The molecule has 1 fully saturated rings. The maximum absolute atomic E-state index is 5.69. The normalized spacial score (nSPS) is 20.8. The molecular formula is C22H23N7O. The Labute approximate surface area is 174 Å². The largest absolute Gasteiger partial charge is 0.377 e. The van der Waals surface area contributed by atoms with Crippen LogP contribution in [0.1, 0.15) is 12.5 Å². The van der Waals surface area contributed by atoms with Crippen LogP contribution in [0.4, 0.5) is 17.2 Å². The average Bonchev–Trinajstić information content (AvgIpc) is 3.52. The van der Waals surface area contributed by atoms with Crippen LogP contribution in [0.5, 0.6) is 0 Å². The molecule has 1 atom stereocenters. The lowest BCUT2D eigenvalue weighted by atomic mass is 10.1. The number of anilines is 3. The zero-order valence-electron chi connectivity index (χ0n) is 16.9. The zero-order valence-corrected chi connectivity index (χ0v) is 16.9. The minimum atomic E-state index is 0.278. The SMILES string of the molecule is C[C@@H]1COCCN1c1nc2c(cnn2C2=NCC=C2)c2c1CCN2c1cccnc1. The molecule has 6 rings (SSSR count). The summed E-state index contributed by atoms with van der Waals surface area (Å²) < 4.78 is 7.56. The number of aromatic nitrogens is 4. The number of ether oxygens (including phenoxy) is 1. The van der Waals surface area contributed by atoms with Crippen LogP contribution in [0.25, 0.3) is 11.0 Å². The van der Waals surface area contributed by atoms with E-state index in [4.69, 9.17) is 9.72 Å². The third-order valence-electron chi connectivity index (χ3n) is 6.06. The molecule has 0 radical (unpaired) electrons. The Balaban J connectivity index is 1.59. The van der Waals surface area contributed by atoms with Crippen molar-refractivity contribution in [3.63, 3.8) is 0 Å². The summed E-state index contributed by atoms with van der Waals surface area (Å²) in [6.07, 6.45) is 10.7. The zero-order chi connectivity index (χ0) is 20.1. The fourth-order valence-corrected chi connectivity index (χ4v) is 4.64. The third kappa shape index (κ3) is 2.64. The van der Waals surface area contributed by atoms with Crippen LogP contribution in [-0.2, 0) is 11.2 Å². The lowest BCUT2D eigenvalue weighted by Crippen LogP contribution is -2.44. The van der Waals surface area contributed by atoms with E-state index in [1.54, 1.807) is 0 Å². The Kier molecular flexibility index (Phi) is 4.05. The van der Waals surface area contributed by atoms with Crippen molar-refractivity contribution in [2.75, 3.05) is 42.6 Å². The van der Waals surface area contributed by atoms with Gasteiger partial charge in [-0.1, -0.05) is 6.08 Å². The van der Waals surface area contributed by atoms with E-state index in [0.29, 0.717) is 6.54 Å². The van der Waals surface area contributed by atoms with E-state index in [-0.39, 0.29) is 6.04 Å². The maximum atomic E-state index is 5.69. The molecule has 0 aromatic carbocycles. The van der Waals surface area contributed by atoms with E-state index in [1.165, 1.54) is 11.3 Å². The second-order valence-corrected chi connectivity index (χ2v) is 7.89. The number of hydrogen-bond donors (Lipinski definition) is 0. The molecule has 0 bridgehead atoms. The summed E-state index contributed by atoms with van der Waals surface area (Å²) in [4.78, 5) is 18.8. The molecule has 6 heterocycles. The number of pyridine rings is 2. The van der Waals surface area contributed by atoms with Gasteiger partial charge >= 0.3 is 0 Å². The Morgan fingerprint density at radius 3 is 2.97 bits per heavy atom. The summed E-state index contributed by atoms with van der Waals surface area (Å²) in [5.41, 5.74) is 4.41. The minimum absolute atomic E-state index is 0.278. The van der Waals surface area contributed by atoms with Crippen molar-refractivity contribution in [1.29, 1.82) is 0 Å². The quantitative estimate of drug-likeness (QED) is 0.657. The highest BCUT2D eigenvalue weighted by Gasteiger charge is 2.33. The molecule has 3 aliphatic heterocycles. The Morgan fingerprint density at radius 2 is 2.17 bits per heavy atom. The summed E-state index contributed by atoms with van der Waals surface area (Å²) in [7, 11) is 0. The Morgan fingerprint density at radius 1 is 1.20 bits per heavy atom. The standard InChI is InChI=1S/C22H23N7O/c1-15-14-30-11-10-27(15)21-17-6-9-28(16-4-2-7-23-12-16)20(17)18-13-25-29(22(18)26-21)19-5-3-8-24-19/h2-5,7,12-13,15H,6,8-11,14H2,1H3/t15-/m1/s1. The molecule has 0 spiro atoms. The van der Waals surface area contributed by atoms with Crippen LogP contribution in [-0.4, -0.2) is 64.5 Å². The van der Waals surface area contributed by atoms with Gasteiger partial charge in [0.05, 0.1) is 55.0 Å². The smallest absolute Gasteiger partial charge is 0.169 e. The van der Waals surface area contributed by atoms with Crippen LogP contribution in [0.2, 0.25) is 0 Å². The predicted molar refractivity (Wildman–Crippen MR) is 117 cm³/mol. The van der Waals surface area contributed by atoms with E-state index >= 15 is 0 Å². The topological polar surface area (TPSA) is 71.7 Å². The first-order valence-electron chi connectivity index (χ1n) is 10.4. The molecule has 152 valence electrons. The molecule has 30 heavy (non-hydrogen) atoms. The number of nitrogens with zero attached hydrogens (tertiary/aromatic N) is 7. The molecule has 3 aromatic heterocycles. The van der Waals surface area contributed by atoms with Crippen LogP contribution in [0.15, 0.2) is 47.9 Å². The van der Waals surface area contributed by atoms with Crippen LogP contribution in [0, 0.1) is 0 Å². The molecule has 8 nitrogen and oxygen atoms in total. The van der Waals surface area contributed by atoms with Gasteiger partial charge in [-0.25, -0.2) is 4.98 Å². The molecule has 3 aliphatic rings. The number of allylic oxidation sites excluding steroid dienone is 1. The highest BCUT2D eigenvalue weighted by atomic mass is 16.5. The molecule has 0 amide bonds. The van der Waals surface area contributed by atoms with Crippen molar-refractivity contribution < 1.29 is 4.74 Å². The predicted octanol–water partition coefficient (Wildman–Crippen LogP) is 2.56. The number of rotatable bonds is 2. The van der Waals surface area contributed by atoms with Crippen molar-refractivity contribution in [2.45, 2.75) is 19.4 Å². The van der Waals surface area contributed by atoms with Gasteiger partial charge < -0.3 is 14.5 Å². The van der Waals surface area contributed by atoms with Crippen LogP contribution < -0.4 is 9.80 Å². The van der Waals surface area contributed by atoms with Gasteiger partial charge in [0, 0.05) is 24.8 Å². The summed E-state index contributed by atoms with van der Waals surface area (Å²) in [5, 5.41) is 5.73. The Hall–Kier alpha value is -3.26. The van der Waals surface area contributed by atoms with Gasteiger partial charge in [0.15, 0.2) is 11.5 Å². The number of aliphatic imine (C=N–C) groups is 1. The molecule has 3 aromatic rings. The Bertz CT molecular complexity index is 1170. The summed E-state index contributed by atoms with van der Waals surface area (Å²) in [6.45, 7) is 6.08. The van der Waals surface area contributed by atoms with E-state index < -0.39 is 0 Å². The number of morpholine rings is 1. The molecular weight excluding hydrogens is 378 g/mol. The molecule has 0 N–H and O–H groups in total. The fraction of sp³-hybridized carbons (Fsp3) is 0.364. The average molecular weight is 401 g/mol. The number of fused-ring (bicyclic) bond motifs is 3. The van der Waals surface area contributed by atoms with Gasteiger partial charge in [0.1, 0.15) is 5.82 Å². The van der Waals surface area contributed by atoms with Gasteiger partial charge in [-0.3, -0.25) is 9.98 Å². The van der Waals surface area contributed by atoms with Gasteiger partial charge in [-0.2, -0.15) is 9.78 Å². The van der Waals surface area contributed by atoms with Crippen LogP contribution in [0.3, 0.4) is 0 Å². The van der Waals surface area contributed by atoms with Gasteiger partial charge in [0.2, 0.25) is 0 Å². The maximum Gasteiger partial charge on any atom is 0.169 e. The lowest BCUT2D eigenvalue weighted by Gasteiger charge is -2.35. The molecule has 0 aliphatic carbocycles. The van der Waals surface area contributed by atoms with Crippen molar-refractivity contribution >= 4 is 34.1 Å². The summed E-state index contributed by atoms with van der Waals surface area (Å²) in [5.74, 6) is 1.88. The highest BCUT2D eigenvalue weighted by molar-refractivity contribution is 6.05. The summed E-state index contributed by atoms with van der Waals surface area (Å²) in [6, 6.07) is 4.37. The van der Waals surface area contributed by atoms with Crippen molar-refractivity contribution in [3.05, 3.63) is 48.4 Å². The van der Waals surface area contributed by atoms with E-state index in [2.05, 4.69) is 37.9 Å². The van der Waals surface area contributed by atoms with E-state index in [1.807, 2.05) is 41.5 Å². The third-order valence-corrected chi connectivity index (χ3v) is 6.06. The van der Waals surface area contributed by atoms with E-state index in [9.17, 15) is 0 Å². The van der Waals surface area contributed by atoms with Crippen molar-refractivity contribution in [3.8, 4) is 0 Å². The minimum Gasteiger partial charge on any atom is -0.377 e. The first-order chi connectivity index (χ1) is 14.8. The molecule has 8 heteroatoms. The first kappa shape index (κ1) is 17.6. The lowest BCUT2D eigenvalue weighted by molar-refractivity contribution is 0.0985. The summed E-state index contributed by atoms with van der Waals surface area (Å²) >= 11 is 0. The first-order valence-corrected chi connectivity index (χ1v) is 10.4. The van der Waals surface area contributed by atoms with Gasteiger partial charge in [0.25, 0.3) is 0 Å². The van der Waals surface area contributed by atoms with Crippen molar-refractivity contribution in [1.82, 2.24) is 19.7 Å². The fourth-order valence-electron chi connectivity index (χ4n) is 4.64. The molecule has 1 saturated heterocycles. The molecule has 0 saturated carbocycles. The van der Waals surface area contributed by atoms with Gasteiger partial charge in [-0.15, -0.1) is 0 Å². The van der Waals surface area contributed by atoms with E-state index in [0.717, 1.165) is 61.1 Å². The molecule has 0 unspecified atom stereocenters. The second-order valence-electron chi connectivity index (χ2n) is 7.89. The van der Waals surface area contributed by atoms with Crippen molar-refractivity contribution in [2.24, 2.45) is 4.99 Å².